The lowest BCUT2D eigenvalue weighted by Gasteiger charge is -2.06. The van der Waals surface area contributed by atoms with Crippen LogP contribution in [0.1, 0.15) is 5.82 Å². The summed E-state index contributed by atoms with van der Waals surface area (Å²) in [5.74, 6) is 0.147. The van der Waals surface area contributed by atoms with Crippen LogP contribution in [0.15, 0.2) is 21.9 Å². The molecule has 10 nitrogen and oxygen atoms in total. The molecule has 0 fully saturated rings. The highest BCUT2D eigenvalue weighted by molar-refractivity contribution is 7.89. The number of hydrogen-bond acceptors (Lipinski definition) is 9. The van der Waals surface area contributed by atoms with Crippen LogP contribution in [0.5, 0.6) is 12.0 Å². The molecule has 2 aromatic heterocycles. The molecule has 0 spiro atoms. The van der Waals surface area contributed by atoms with Gasteiger partial charge in [-0.2, -0.15) is 9.97 Å². The van der Waals surface area contributed by atoms with Crippen molar-refractivity contribution in [3.05, 3.63) is 18.3 Å². The number of methoxy groups -OCH3 is 2. The molecule has 2 rings (SSSR count). The first-order chi connectivity index (χ1) is 9.55. The molecule has 0 unspecified atom stereocenters. The Morgan fingerprint density at radius 3 is 2.35 bits per heavy atom. The van der Waals surface area contributed by atoms with Crippen LogP contribution in [-0.4, -0.2) is 42.7 Å². The Bertz CT molecular complexity index is 650. The maximum atomic E-state index is 11.8. The van der Waals surface area contributed by atoms with Gasteiger partial charge in [-0.05, 0) is 0 Å². The number of nitrogens with zero attached hydrogens (tertiary/aromatic N) is 4. The molecule has 108 valence electrons. The van der Waals surface area contributed by atoms with Gasteiger partial charge >= 0.3 is 12.0 Å². The maximum absolute atomic E-state index is 11.8. The van der Waals surface area contributed by atoms with Crippen molar-refractivity contribution in [2.75, 3.05) is 14.2 Å². The second kappa shape index (κ2) is 5.79. The van der Waals surface area contributed by atoms with Crippen LogP contribution in [-0.2, 0) is 16.6 Å². The Hall–Kier alpha value is -2.27. The predicted octanol–water partition coefficient (Wildman–Crippen LogP) is -0.645. The van der Waals surface area contributed by atoms with Gasteiger partial charge in [0.2, 0.25) is 10.0 Å². The van der Waals surface area contributed by atoms with E-state index < -0.39 is 10.0 Å². The van der Waals surface area contributed by atoms with Crippen LogP contribution < -0.4 is 14.2 Å². The molecule has 11 heteroatoms. The summed E-state index contributed by atoms with van der Waals surface area (Å²) in [4.78, 5) is 11.5. The fourth-order valence-electron chi connectivity index (χ4n) is 1.21. The van der Waals surface area contributed by atoms with Crippen LogP contribution in [0.3, 0.4) is 0 Å². The predicted molar refractivity (Wildman–Crippen MR) is 63.5 cm³/mol. The Kier molecular flexibility index (Phi) is 4.10. The van der Waals surface area contributed by atoms with Crippen molar-refractivity contribution in [1.82, 2.24) is 24.8 Å². The summed E-state index contributed by atoms with van der Waals surface area (Å²) in [6, 6.07) is 0.0482. The van der Waals surface area contributed by atoms with Crippen molar-refractivity contribution in [3.8, 4) is 12.0 Å². The smallest absolute Gasteiger partial charge is 0.322 e. The molecule has 0 bridgehead atoms. The van der Waals surface area contributed by atoms with Gasteiger partial charge in [-0.25, -0.2) is 13.1 Å². The van der Waals surface area contributed by atoms with E-state index in [1.54, 1.807) is 0 Å². The molecule has 0 aliphatic carbocycles. The summed E-state index contributed by atoms with van der Waals surface area (Å²) in [7, 11) is -0.993. The minimum Gasteiger partial charge on any atom is -0.467 e. The molecular weight excluding hydrogens is 290 g/mol. The van der Waals surface area contributed by atoms with Gasteiger partial charge in [0.1, 0.15) is 11.2 Å². The zero-order chi connectivity index (χ0) is 14.6. The summed E-state index contributed by atoms with van der Waals surface area (Å²) in [6.07, 6.45) is 2.09. The Balaban J connectivity index is 2.15. The minimum absolute atomic E-state index is 0.0241. The lowest BCUT2D eigenvalue weighted by Crippen LogP contribution is -2.24. The number of nitrogens with one attached hydrogen (secondary N) is 1. The highest BCUT2D eigenvalue weighted by atomic mass is 32.2. The Labute approximate surface area is 114 Å². The molecule has 0 saturated carbocycles. The topological polar surface area (TPSA) is 129 Å². The monoisotopic (exact) mass is 301 g/mol. The number of rotatable bonds is 6. The van der Waals surface area contributed by atoms with Crippen molar-refractivity contribution in [1.29, 1.82) is 0 Å². The highest BCUT2D eigenvalue weighted by Gasteiger charge is 2.17. The molecule has 0 atom stereocenters. The van der Waals surface area contributed by atoms with Crippen LogP contribution in [0.25, 0.3) is 0 Å². The van der Waals surface area contributed by atoms with E-state index in [1.165, 1.54) is 14.2 Å². The lowest BCUT2D eigenvalue weighted by molar-refractivity contribution is 0.336. The maximum Gasteiger partial charge on any atom is 0.322 e. The van der Waals surface area contributed by atoms with Gasteiger partial charge in [0.25, 0.3) is 0 Å². The van der Waals surface area contributed by atoms with Gasteiger partial charge in [-0.15, -0.1) is 4.98 Å². The first-order valence-corrected chi connectivity index (χ1v) is 6.75. The fraction of sp³-hybridized carbons (Fsp3) is 0.333. The highest BCUT2D eigenvalue weighted by Crippen LogP contribution is 2.10. The molecule has 0 aliphatic rings. The lowest BCUT2D eigenvalue weighted by atomic mass is 10.6. The molecule has 2 aromatic rings. The van der Waals surface area contributed by atoms with Gasteiger partial charge in [0.15, 0.2) is 5.82 Å². The van der Waals surface area contributed by atoms with Crippen molar-refractivity contribution >= 4 is 10.0 Å². The molecule has 0 aliphatic heterocycles. The van der Waals surface area contributed by atoms with Crippen LogP contribution >= 0.6 is 0 Å². The summed E-state index contributed by atoms with van der Waals surface area (Å²) >= 11 is 0. The van der Waals surface area contributed by atoms with E-state index >= 15 is 0 Å². The molecule has 2 heterocycles. The average molecular weight is 301 g/mol. The Morgan fingerprint density at radius 2 is 1.85 bits per heavy atom. The number of sulfonamides is 1. The molecule has 0 aromatic carbocycles. The van der Waals surface area contributed by atoms with E-state index in [1.807, 2.05) is 0 Å². The van der Waals surface area contributed by atoms with Gasteiger partial charge in [0.05, 0.1) is 27.0 Å². The third-order valence-electron chi connectivity index (χ3n) is 2.15. The van der Waals surface area contributed by atoms with Gasteiger partial charge in [-0.1, -0.05) is 5.16 Å². The molecule has 0 radical (unpaired) electrons. The first-order valence-electron chi connectivity index (χ1n) is 5.27. The van der Waals surface area contributed by atoms with E-state index in [9.17, 15) is 8.42 Å². The largest absolute Gasteiger partial charge is 0.467 e. The summed E-state index contributed by atoms with van der Waals surface area (Å²) < 4.78 is 40.1. The molecule has 0 amide bonds. The van der Waals surface area contributed by atoms with E-state index in [-0.39, 0.29) is 29.3 Å². The summed E-state index contributed by atoms with van der Waals surface area (Å²) in [6.45, 7) is -0.164. The van der Waals surface area contributed by atoms with Crippen molar-refractivity contribution < 1.29 is 22.4 Å². The van der Waals surface area contributed by atoms with E-state index in [2.05, 4.69) is 29.4 Å². The standard InChI is InChI=1S/C9H11N5O5S/c1-17-8-12-7(13-9(14-8)18-2)4-11-20(15,16)6-3-10-19-5-6/h3,5,11H,4H2,1-2H3. The fourth-order valence-corrected chi connectivity index (χ4v) is 2.05. The van der Waals surface area contributed by atoms with Gasteiger partial charge in [0, 0.05) is 0 Å². The number of aromatic nitrogens is 4. The second-order valence-corrected chi connectivity index (χ2v) is 5.18. The SMILES string of the molecule is COc1nc(CNS(=O)(=O)c2cnoc2)nc(OC)n1. The quantitative estimate of drug-likeness (QED) is 0.740. The average Bonchev–Trinajstić information content (AvgIpc) is 3.00. The van der Waals surface area contributed by atoms with Crippen molar-refractivity contribution in [2.45, 2.75) is 11.4 Å². The van der Waals surface area contributed by atoms with Crippen molar-refractivity contribution in [3.63, 3.8) is 0 Å². The summed E-state index contributed by atoms with van der Waals surface area (Å²) in [5.41, 5.74) is 0. The Morgan fingerprint density at radius 1 is 1.20 bits per heavy atom. The molecule has 1 N–H and O–H groups in total. The van der Waals surface area contributed by atoms with Gasteiger partial charge < -0.3 is 14.0 Å². The first kappa shape index (κ1) is 14.1. The zero-order valence-corrected chi connectivity index (χ0v) is 11.4. The summed E-state index contributed by atoms with van der Waals surface area (Å²) in [5, 5.41) is 3.32. The molecular formula is C9H11N5O5S. The van der Waals surface area contributed by atoms with E-state index in [0.29, 0.717) is 0 Å². The van der Waals surface area contributed by atoms with E-state index in [0.717, 1.165) is 12.5 Å². The van der Waals surface area contributed by atoms with E-state index in [4.69, 9.17) is 9.47 Å². The minimum atomic E-state index is -3.74. The van der Waals surface area contributed by atoms with Gasteiger partial charge in [-0.3, -0.25) is 0 Å². The van der Waals surface area contributed by atoms with Crippen LogP contribution in [0.4, 0.5) is 0 Å². The van der Waals surface area contributed by atoms with Crippen LogP contribution in [0, 0.1) is 0 Å². The number of ether oxygens (including phenoxy) is 2. The second-order valence-electron chi connectivity index (χ2n) is 3.41. The third-order valence-corrected chi connectivity index (χ3v) is 3.49. The molecule has 20 heavy (non-hydrogen) atoms. The number of hydrogen-bond donors (Lipinski definition) is 1. The zero-order valence-electron chi connectivity index (χ0n) is 10.6. The normalized spacial score (nSPS) is 11.3. The third kappa shape index (κ3) is 3.19. The van der Waals surface area contributed by atoms with Crippen LogP contribution in [0.2, 0.25) is 0 Å². The molecule has 0 saturated heterocycles. The van der Waals surface area contributed by atoms with Crippen molar-refractivity contribution in [2.24, 2.45) is 0 Å².